The number of amides is 1. The number of carbonyl (C=O) groups excluding carboxylic acids is 1. The fourth-order valence-corrected chi connectivity index (χ4v) is 2.32. The monoisotopic (exact) mass is 290 g/mol. The van der Waals surface area contributed by atoms with Gasteiger partial charge in [0.2, 0.25) is 5.91 Å². The van der Waals surface area contributed by atoms with Crippen LogP contribution < -0.4 is 10.9 Å². The lowest BCUT2D eigenvalue weighted by Gasteiger charge is -2.08. The van der Waals surface area contributed by atoms with E-state index < -0.39 is 0 Å². The van der Waals surface area contributed by atoms with Gasteiger partial charge in [-0.2, -0.15) is 0 Å². The molecule has 118 valence electrons. The summed E-state index contributed by atoms with van der Waals surface area (Å²) in [6, 6.07) is 9.69. The normalized spacial score (nSPS) is 10.3. The fourth-order valence-electron chi connectivity index (χ4n) is 2.32. The first-order chi connectivity index (χ1) is 10.3. The average Bonchev–Trinajstić information content (AvgIpc) is 2.52. The molecule has 0 aromatic heterocycles. The Balaban J connectivity index is 1.89. The molecule has 0 radical (unpaired) electrons. The maximum absolute atomic E-state index is 11.6. The zero-order valence-corrected chi connectivity index (χ0v) is 13.4. The van der Waals surface area contributed by atoms with E-state index in [-0.39, 0.29) is 5.91 Å². The van der Waals surface area contributed by atoms with E-state index in [0.29, 0.717) is 6.42 Å². The van der Waals surface area contributed by atoms with Crippen LogP contribution in [-0.4, -0.2) is 5.91 Å². The van der Waals surface area contributed by atoms with Gasteiger partial charge in [-0.3, -0.25) is 15.6 Å². The number of carbonyl (C=O) groups is 1. The van der Waals surface area contributed by atoms with Gasteiger partial charge in [0.25, 0.3) is 0 Å². The van der Waals surface area contributed by atoms with Crippen molar-refractivity contribution in [3.63, 3.8) is 0 Å². The first-order valence-electron chi connectivity index (χ1n) is 8.43. The molecule has 0 saturated heterocycles. The van der Waals surface area contributed by atoms with Crippen LogP contribution in [0.15, 0.2) is 30.3 Å². The van der Waals surface area contributed by atoms with Gasteiger partial charge in [-0.25, -0.2) is 0 Å². The first-order valence-corrected chi connectivity index (χ1v) is 8.43. The zero-order valence-electron chi connectivity index (χ0n) is 13.4. The zero-order chi connectivity index (χ0) is 15.2. The highest BCUT2D eigenvalue weighted by Crippen LogP contribution is 2.10. The highest BCUT2D eigenvalue weighted by atomic mass is 16.2. The van der Waals surface area contributed by atoms with Gasteiger partial charge in [-0.15, -0.1) is 0 Å². The van der Waals surface area contributed by atoms with Gasteiger partial charge in [0.1, 0.15) is 0 Å². The number of hydrogen-bond acceptors (Lipinski definition) is 2. The molecule has 0 bridgehead atoms. The molecule has 0 unspecified atom stereocenters. The largest absolute Gasteiger partial charge is 0.299 e. The lowest BCUT2D eigenvalue weighted by atomic mass is 10.1. The van der Waals surface area contributed by atoms with E-state index in [1.807, 2.05) is 30.3 Å². The molecule has 0 fully saturated rings. The van der Waals surface area contributed by atoms with Crippen molar-refractivity contribution in [2.24, 2.45) is 0 Å². The summed E-state index contributed by atoms with van der Waals surface area (Å²) in [4.78, 5) is 11.6. The van der Waals surface area contributed by atoms with E-state index in [1.165, 1.54) is 44.9 Å². The smallest absolute Gasteiger partial charge is 0.238 e. The van der Waals surface area contributed by atoms with E-state index in [1.54, 1.807) is 0 Å². The highest BCUT2D eigenvalue weighted by Gasteiger charge is 2.00. The van der Waals surface area contributed by atoms with Crippen LogP contribution in [0.25, 0.3) is 0 Å². The predicted octanol–water partition coefficient (Wildman–Crippen LogP) is 5.05. The molecule has 0 aliphatic heterocycles. The molecule has 21 heavy (non-hydrogen) atoms. The third-order valence-corrected chi connectivity index (χ3v) is 3.63. The summed E-state index contributed by atoms with van der Waals surface area (Å²) in [7, 11) is 0. The van der Waals surface area contributed by atoms with Gasteiger partial charge in [0.15, 0.2) is 0 Å². The lowest BCUT2D eigenvalue weighted by molar-refractivity contribution is -0.120. The molecule has 3 heteroatoms. The molecule has 1 amide bonds. The van der Waals surface area contributed by atoms with Crippen LogP contribution in [0.1, 0.15) is 71.1 Å². The van der Waals surface area contributed by atoms with E-state index in [4.69, 9.17) is 0 Å². The molecule has 0 saturated carbocycles. The Morgan fingerprint density at radius 2 is 1.43 bits per heavy atom. The number of rotatable bonds is 12. The second-order valence-corrected chi connectivity index (χ2v) is 5.62. The summed E-state index contributed by atoms with van der Waals surface area (Å²) in [5, 5.41) is 0. The molecule has 0 aliphatic carbocycles. The van der Waals surface area contributed by atoms with Crippen LogP contribution in [0.4, 0.5) is 5.69 Å². The first kappa shape index (κ1) is 17.5. The molecule has 0 spiro atoms. The van der Waals surface area contributed by atoms with Crippen molar-refractivity contribution in [1.29, 1.82) is 0 Å². The Bertz CT molecular complexity index is 365. The number of unbranched alkanes of at least 4 members (excludes halogenated alkanes) is 8. The van der Waals surface area contributed by atoms with Crippen molar-refractivity contribution in [3.8, 4) is 0 Å². The van der Waals surface area contributed by atoms with Crippen molar-refractivity contribution < 1.29 is 4.79 Å². The van der Waals surface area contributed by atoms with Gasteiger partial charge in [0, 0.05) is 6.42 Å². The van der Waals surface area contributed by atoms with Gasteiger partial charge >= 0.3 is 0 Å². The Hall–Kier alpha value is -1.51. The van der Waals surface area contributed by atoms with E-state index >= 15 is 0 Å². The van der Waals surface area contributed by atoms with Crippen LogP contribution in [0, 0.1) is 0 Å². The molecule has 0 aliphatic rings. The Morgan fingerprint density at radius 3 is 2.05 bits per heavy atom. The third kappa shape index (κ3) is 9.94. The molecular weight excluding hydrogens is 260 g/mol. The highest BCUT2D eigenvalue weighted by molar-refractivity contribution is 5.77. The van der Waals surface area contributed by atoms with Crippen LogP contribution in [0.5, 0.6) is 0 Å². The van der Waals surface area contributed by atoms with Crippen LogP contribution in [-0.2, 0) is 4.79 Å². The minimum Gasteiger partial charge on any atom is -0.299 e. The number of anilines is 1. The van der Waals surface area contributed by atoms with Gasteiger partial charge in [-0.1, -0.05) is 76.5 Å². The van der Waals surface area contributed by atoms with Gasteiger partial charge in [0.05, 0.1) is 5.69 Å². The Labute approximate surface area is 129 Å². The van der Waals surface area contributed by atoms with E-state index in [2.05, 4.69) is 17.8 Å². The molecule has 1 aromatic rings. The summed E-state index contributed by atoms with van der Waals surface area (Å²) in [6.07, 6.45) is 12.1. The van der Waals surface area contributed by atoms with E-state index in [9.17, 15) is 4.79 Å². The average molecular weight is 290 g/mol. The van der Waals surface area contributed by atoms with Gasteiger partial charge < -0.3 is 0 Å². The van der Waals surface area contributed by atoms with E-state index in [0.717, 1.165) is 18.5 Å². The summed E-state index contributed by atoms with van der Waals surface area (Å²) >= 11 is 0. The van der Waals surface area contributed by atoms with Crippen molar-refractivity contribution in [2.45, 2.75) is 71.1 Å². The van der Waals surface area contributed by atoms with Crippen LogP contribution in [0.3, 0.4) is 0 Å². The second kappa shape index (κ2) is 12.2. The predicted molar refractivity (Wildman–Crippen MR) is 90.1 cm³/mol. The standard InChI is InChI=1S/C18H30N2O/c1-2-3-4-5-6-7-8-9-13-16-18(21)20-19-17-14-11-10-12-15-17/h10-12,14-15,19H,2-9,13,16H2,1H3,(H,20,21). The lowest BCUT2D eigenvalue weighted by Crippen LogP contribution is -2.28. The summed E-state index contributed by atoms with van der Waals surface area (Å²) < 4.78 is 0. The SMILES string of the molecule is CCCCCCCCCCCC(=O)NNc1ccccc1. The van der Waals surface area contributed by atoms with Gasteiger partial charge in [-0.05, 0) is 18.6 Å². The third-order valence-electron chi connectivity index (χ3n) is 3.63. The van der Waals surface area contributed by atoms with Crippen molar-refractivity contribution in [1.82, 2.24) is 5.43 Å². The minimum absolute atomic E-state index is 0.0711. The topological polar surface area (TPSA) is 41.1 Å². The van der Waals surface area contributed by atoms with Crippen molar-refractivity contribution in [3.05, 3.63) is 30.3 Å². The molecule has 0 heterocycles. The van der Waals surface area contributed by atoms with Crippen molar-refractivity contribution >= 4 is 11.6 Å². The maximum atomic E-state index is 11.6. The Kier molecular flexibility index (Phi) is 10.2. The number of para-hydroxylation sites is 1. The van der Waals surface area contributed by atoms with Crippen LogP contribution in [0.2, 0.25) is 0 Å². The maximum Gasteiger partial charge on any atom is 0.238 e. The molecule has 1 rings (SSSR count). The number of nitrogens with one attached hydrogen (secondary N) is 2. The molecule has 0 atom stereocenters. The molecular formula is C18H30N2O. The molecule has 3 nitrogen and oxygen atoms in total. The number of benzene rings is 1. The summed E-state index contributed by atoms with van der Waals surface area (Å²) in [6.45, 7) is 2.25. The summed E-state index contributed by atoms with van der Waals surface area (Å²) in [5.41, 5.74) is 6.58. The quantitative estimate of drug-likeness (QED) is 0.418. The summed E-state index contributed by atoms with van der Waals surface area (Å²) in [5.74, 6) is 0.0711. The minimum atomic E-state index is 0.0711. The number of hydrogen-bond donors (Lipinski definition) is 2. The van der Waals surface area contributed by atoms with Crippen molar-refractivity contribution in [2.75, 3.05) is 5.43 Å². The second-order valence-electron chi connectivity index (χ2n) is 5.62. The van der Waals surface area contributed by atoms with Crippen LogP contribution >= 0.6 is 0 Å². The fraction of sp³-hybridized carbons (Fsp3) is 0.611. The molecule has 1 aromatic carbocycles. The number of hydrazine groups is 1. The Morgan fingerprint density at radius 1 is 0.857 bits per heavy atom. The molecule has 2 N–H and O–H groups in total.